The zero-order valence-corrected chi connectivity index (χ0v) is 12.7. The van der Waals surface area contributed by atoms with E-state index >= 15 is 0 Å². The van der Waals surface area contributed by atoms with Crippen molar-refractivity contribution in [1.82, 2.24) is 0 Å². The van der Waals surface area contributed by atoms with E-state index in [0.717, 1.165) is 5.56 Å². The molecular weight excluding hydrogens is 322 g/mol. The number of phenolic OH excluding ortho intramolecular Hbond substituents is 1. The fourth-order valence-corrected chi connectivity index (χ4v) is 2.12. The van der Waals surface area contributed by atoms with Gasteiger partial charge >= 0.3 is 0 Å². The van der Waals surface area contributed by atoms with Gasteiger partial charge in [0.25, 0.3) is 5.91 Å². The number of rotatable bonds is 3. The van der Waals surface area contributed by atoms with E-state index in [9.17, 15) is 9.90 Å². The number of carbonyl (C=O) groups is 1. The second kappa shape index (κ2) is 5.96. The Morgan fingerprint density at radius 3 is 2.65 bits per heavy atom. The van der Waals surface area contributed by atoms with E-state index in [1.54, 1.807) is 44.4 Å². The quantitative estimate of drug-likeness (QED) is 0.898. The van der Waals surface area contributed by atoms with E-state index in [2.05, 4.69) is 21.2 Å². The third-order valence-corrected chi connectivity index (χ3v) is 3.58. The van der Waals surface area contributed by atoms with Crippen molar-refractivity contribution >= 4 is 27.5 Å². The Hall–Kier alpha value is -2.01. The van der Waals surface area contributed by atoms with Gasteiger partial charge in [0.1, 0.15) is 11.5 Å². The summed E-state index contributed by atoms with van der Waals surface area (Å²) < 4.78 is 5.78. The van der Waals surface area contributed by atoms with Crippen molar-refractivity contribution in [2.45, 2.75) is 6.92 Å². The van der Waals surface area contributed by atoms with Gasteiger partial charge in [0.15, 0.2) is 0 Å². The third-order valence-electron chi connectivity index (χ3n) is 2.89. The Morgan fingerprint density at radius 1 is 1.25 bits per heavy atom. The highest BCUT2D eigenvalue weighted by Gasteiger charge is 2.12. The second-order valence-electron chi connectivity index (χ2n) is 4.30. The zero-order chi connectivity index (χ0) is 14.7. The normalized spacial score (nSPS) is 10.2. The standard InChI is InChI=1S/C15H14BrNO3/c1-9-3-4-10(7-14(9)18)17-15(19)12-8-11(20-2)5-6-13(12)16/h3-8,18H,1-2H3,(H,17,19). The molecule has 2 N–H and O–H groups in total. The summed E-state index contributed by atoms with van der Waals surface area (Å²) in [4.78, 5) is 12.2. The van der Waals surface area contributed by atoms with Crippen LogP contribution in [0.5, 0.6) is 11.5 Å². The van der Waals surface area contributed by atoms with Crippen LogP contribution in [-0.2, 0) is 0 Å². The predicted octanol–water partition coefficient (Wildman–Crippen LogP) is 3.72. The number of anilines is 1. The van der Waals surface area contributed by atoms with Gasteiger partial charge in [-0.1, -0.05) is 6.07 Å². The summed E-state index contributed by atoms with van der Waals surface area (Å²) in [5, 5.41) is 12.4. The molecule has 0 aliphatic rings. The van der Waals surface area contributed by atoms with E-state index in [1.165, 1.54) is 6.07 Å². The second-order valence-corrected chi connectivity index (χ2v) is 5.16. The molecule has 4 nitrogen and oxygen atoms in total. The predicted molar refractivity (Wildman–Crippen MR) is 81.5 cm³/mol. The molecule has 20 heavy (non-hydrogen) atoms. The van der Waals surface area contributed by atoms with Crippen LogP contribution in [-0.4, -0.2) is 18.1 Å². The minimum atomic E-state index is -0.279. The summed E-state index contributed by atoms with van der Waals surface area (Å²) in [5.74, 6) is 0.469. The van der Waals surface area contributed by atoms with Crippen LogP contribution in [0.25, 0.3) is 0 Å². The number of hydrogen-bond acceptors (Lipinski definition) is 3. The lowest BCUT2D eigenvalue weighted by atomic mass is 10.1. The van der Waals surface area contributed by atoms with Crippen LogP contribution in [0.4, 0.5) is 5.69 Å². The summed E-state index contributed by atoms with van der Waals surface area (Å²) >= 11 is 3.33. The molecule has 0 aromatic heterocycles. The van der Waals surface area contributed by atoms with Crippen molar-refractivity contribution < 1.29 is 14.6 Å². The average molecular weight is 336 g/mol. The van der Waals surface area contributed by atoms with Crippen LogP contribution < -0.4 is 10.1 Å². The van der Waals surface area contributed by atoms with E-state index in [0.29, 0.717) is 21.5 Å². The highest BCUT2D eigenvalue weighted by molar-refractivity contribution is 9.10. The van der Waals surface area contributed by atoms with Gasteiger partial charge in [-0.2, -0.15) is 0 Å². The molecule has 2 rings (SSSR count). The van der Waals surface area contributed by atoms with Crippen molar-refractivity contribution in [3.63, 3.8) is 0 Å². The molecule has 0 bridgehead atoms. The molecule has 0 spiro atoms. The Kier molecular flexibility index (Phi) is 4.29. The van der Waals surface area contributed by atoms with E-state index in [-0.39, 0.29) is 11.7 Å². The molecule has 5 heteroatoms. The van der Waals surface area contributed by atoms with Gasteiger partial charge < -0.3 is 15.2 Å². The SMILES string of the molecule is COc1ccc(Br)c(C(=O)Nc2ccc(C)c(O)c2)c1. The maximum atomic E-state index is 12.2. The van der Waals surface area contributed by atoms with Crippen molar-refractivity contribution in [3.05, 3.63) is 52.0 Å². The largest absolute Gasteiger partial charge is 0.508 e. The molecule has 0 aliphatic heterocycles. The lowest BCUT2D eigenvalue weighted by molar-refractivity contribution is 0.102. The molecule has 2 aromatic carbocycles. The summed E-state index contributed by atoms with van der Waals surface area (Å²) in [5.41, 5.74) is 1.75. The lowest BCUT2D eigenvalue weighted by Crippen LogP contribution is -2.12. The van der Waals surface area contributed by atoms with Crippen molar-refractivity contribution in [1.29, 1.82) is 0 Å². The summed E-state index contributed by atoms with van der Waals surface area (Å²) in [6.45, 7) is 1.79. The van der Waals surface area contributed by atoms with Gasteiger partial charge in [-0.3, -0.25) is 4.79 Å². The summed E-state index contributed by atoms with van der Waals surface area (Å²) in [7, 11) is 1.54. The number of amides is 1. The molecular formula is C15H14BrNO3. The first-order valence-corrected chi connectivity index (χ1v) is 6.75. The number of ether oxygens (including phenoxy) is 1. The Bertz CT molecular complexity index is 656. The lowest BCUT2D eigenvalue weighted by Gasteiger charge is -2.09. The molecule has 0 saturated heterocycles. The molecule has 1 amide bonds. The molecule has 0 unspecified atom stereocenters. The Labute approximate surface area is 125 Å². The summed E-state index contributed by atoms with van der Waals surface area (Å²) in [6.07, 6.45) is 0. The Morgan fingerprint density at radius 2 is 2.00 bits per heavy atom. The van der Waals surface area contributed by atoms with Crippen molar-refractivity contribution in [2.24, 2.45) is 0 Å². The molecule has 0 radical (unpaired) electrons. The fourth-order valence-electron chi connectivity index (χ4n) is 1.69. The number of hydrogen-bond donors (Lipinski definition) is 2. The van der Waals surface area contributed by atoms with Gasteiger partial charge in [0.2, 0.25) is 0 Å². The number of phenols is 1. The van der Waals surface area contributed by atoms with Crippen LogP contribution in [0, 0.1) is 6.92 Å². The molecule has 0 saturated carbocycles. The van der Waals surface area contributed by atoms with Gasteiger partial charge in [0, 0.05) is 16.2 Å². The van der Waals surface area contributed by atoms with Crippen LogP contribution in [0.3, 0.4) is 0 Å². The number of carbonyl (C=O) groups excluding carboxylic acids is 1. The van der Waals surface area contributed by atoms with Crippen LogP contribution in [0.15, 0.2) is 40.9 Å². The number of benzene rings is 2. The van der Waals surface area contributed by atoms with Crippen LogP contribution in [0.2, 0.25) is 0 Å². The molecule has 0 heterocycles. The van der Waals surface area contributed by atoms with Gasteiger partial charge in [0.05, 0.1) is 12.7 Å². The van der Waals surface area contributed by atoms with Gasteiger partial charge in [-0.15, -0.1) is 0 Å². The van der Waals surface area contributed by atoms with E-state index in [1.807, 2.05) is 0 Å². The van der Waals surface area contributed by atoms with Crippen LogP contribution in [0.1, 0.15) is 15.9 Å². The van der Waals surface area contributed by atoms with Crippen molar-refractivity contribution in [2.75, 3.05) is 12.4 Å². The molecule has 0 atom stereocenters. The molecule has 0 fully saturated rings. The third kappa shape index (κ3) is 3.11. The average Bonchev–Trinajstić information content (AvgIpc) is 2.43. The molecule has 0 aliphatic carbocycles. The minimum absolute atomic E-state index is 0.146. The maximum Gasteiger partial charge on any atom is 0.256 e. The topological polar surface area (TPSA) is 58.6 Å². The highest BCUT2D eigenvalue weighted by Crippen LogP contribution is 2.25. The Balaban J connectivity index is 2.25. The fraction of sp³-hybridized carbons (Fsp3) is 0.133. The number of aromatic hydroxyl groups is 1. The van der Waals surface area contributed by atoms with Gasteiger partial charge in [-0.25, -0.2) is 0 Å². The van der Waals surface area contributed by atoms with E-state index < -0.39 is 0 Å². The first-order valence-electron chi connectivity index (χ1n) is 5.96. The highest BCUT2D eigenvalue weighted by atomic mass is 79.9. The summed E-state index contributed by atoms with van der Waals surface area (Å²) in [6, 6.07) is 10.2. The zero-order valence-electron chi connectivity index (χ0n) is 11.1. The number of methoxy groups -OCH3 is 1. The van der Waals surface area contributed by atoms with Crippen molar-refractivity contribution in [3.8, 4) is 11.5 Å². The number of halogens is 1. The number of aryl methyl sites for hydroxylation is 1. The first-order chi connectivity index (χ1) is 9.51. The van der Waals surface area contributed by atoms with E-state index in [4.69, 9.17) is 4.74 Å². The molecule has 2 aromatic rings. The van der Waals surface area contributed by atoms with Gasteiger partial charge in [-0.05, 0) is 52.7 Å². The molecule has 104 valence electrons. The first kappa shape index (κ1) is 14.4. The monoisotopic (exact) mass is 335 g/mol. The minimum Gasteiger partial charge on any atom is -0.508 e. The van der Waals surface area contributed by atoms with Crippen LogP contribution >= 0.6 is 15.9 Å². The number of nitrogens with one attached hydrogen (secondary N) is 1. The smallest absolute Gasteiger partial charge is 0.256 e. The maximum absolute atomic E-state index is 12.2.